The van der Waals surface area contributed by atoms with Crippen molar-refractivity contribution in [2.24, 2.45) is 0 Å². The SMILES string of the molecule is CCc1cccc(C)c1NC(=O)c1c(C)n(Cc2ccccc2)c(CC)c(Br)c1=O. The average molecular weight is 467 g/mol. The number of carbonyl (C=O) groups is 1. The van der Waals surface area contributed by atoms with Crippen LogP contribution < -0.4 is 10.7 Å². The zero-order valence-electron chi connectivity index (χ0n) is 17.9. The molecule has 0 saturated heterocycles. The molecular formula is C25H27BrN2O2. The summed E-state index contributed by atoms with van der Waals surface area (Å²) in [7, 11) is 0. The molecule has 3 rings (SSSR count). The fourth-order valence-electron chi connectivity index (χ4n) is 3.83. The van der Waals surface area contributed by atoms with Gasteiger partial charge >= 0.3 is 0 Å². The maximum Gasteiger partial charge on any atom is 0.261 e. The highest BCUT2D eigenvalue weighted by atomic mass is 79.9. The van der Waals surface area contributed by atoms with Gasteiger partial charge < -0.3 is 9.88 Å². The maximum atomic E-state index is 13.3. The lowest BCUT2D eigenvalue weighted by Gasteiger charge is -2.21. The summed E-state index contributed by atoms with van der Waals surface area (Å²) >= 11 is 3.47. The summed E-state index contributed by atoms with van der Waals surface area (Å²) in [5, 5.41) is 3.01. The van der Waals surface area contributed by atoms with Crippen molar-refractivity contribution in [1.29, 1.82) is 0 Å². The predicted molar refractivity (Wildman–Crippen MR) is 127 cm³/mol. The zero-order valence-corrected chi connectivity index (χ0v) is 19.5. The van der Waals surface area contributed by atoms with Crippen molar-refractivity contribution in [3.8, 4) is 0 Å². The van der Waals surface area contributed by atoms with Crippen molar-refractivity contribution in [1.82, 2.24) is 4.57 Å². The van der Waals surface area contributed by atoms with E-state index < -0.39 is 0 Å². The molecule has 0 saturated carbocycles. The summed E-state index contributed by atoms with van der Waals surface area (Å²) in [6.45, 7) is 8.48. The minimum Gasteiger partial charge on any atom is -0.342 e. The molecule has 0 spiro atoms. The third-order valence-electron chi connectivity index (χ3n) is 5.50. The van der Waals surface area contributed by atoms with Crippen LogP contribution in [0.15, 0.2) is 57.8 Å². The van der Waals surface area contributed by atoms with Gasteiger partial charge in [0, 0.05) is 23.6 Å². The van der Waals surface area contributed by atoms with E-state index in [1.807, 2.05) is 69.3 Å². The quantitative estimate of drug-likeness (QED) is 0.509. The van der Waals surface area contributed by atoms with Crippen molar-refractivity contribution in [3.63, 3.8) is 0 Å². The highest BCUT2D eigenvalue weighted by molar-refractivity contribution is 9.10. The van der Waals surface area contributed by atoms with Gasteiger partial charge in [0.05, 0.1) is 4.47 Å². The zero-order chi connectivity index (χ0) is 21.8. The summed E-state index contributed by atoms with van der Waals surface area (Å²) in [6.07, 6.45) is 1.48. The fraction of sp³-hybridized carbons (Fsp3) is 0.280. The van der Waals surface area contributed by atoms with Crippen LogP contribution in [-0.2, 0) is 19.4 Å². The summed E-state index contributed by atoms with van der Waals surface area (Å²) < 4.78 is 2.52. The molecule has 0 aliphatic carbocycles. The van der Waals surface area contributed by atoms with Crippen LogP contribution >= 0.6 is 15.9 Å². The number of aryl methyl sites for hydroxylation is 2. The number of benzene rings is 2. The topological polar surface area (TPSA) is 51.1 Å². The van der Waals surface area contributed by atoms with Crippen LogP contribution in [0, 0.1) is 13.8 Å². The molecule has 2 aromatic carbocycles. The van der Waals surface area contributed by atoms with Gasteiger partial charge in [-0.2, -0.15) is 0 Å². The molecule has 4 nitrogen and oxygen atoms in total. The molecule has 0 aliphatic heterocycles. The van der Waals surface area contributed by atoms with E-state index in [2.05, 4.69) is 32.7 Å². The van der Waals surface area contributed by atoms with Gasteiger partial charge in [0.15, 0.2) is 0 Å². The second kappa shape index (κ2) is 9.43. The predicted octanol–water partition coefficient (Wildman–Crippen LogP) is 5.65. The summed E-state index contributed by atoms with van der Waals surface area (Å²) in [5.41, 5.74) is 5.41. The van der Waals surface area contributed by atoms with Crippen molar-refractivity contribution < 1.29 is 4.79 Å². The van der Waals surface area contributed by atoms with Gasteiger partial charge in [0.25, 0.3) is 5.91 Å². The number of rotatable bonds is 6. The van der Waals surface area contributed by atoms with E-state index in [4.69, 9.17) is 0 Å². The van der Waals surface area contributed by atoms with Crippen LogP contribution in [0.5, 0.6) is 0 Å². The molecule has 3 aromatic rings. The largest absolute Gasteiger partial charge is 0.342 e. The normalized spacial score (nSPS) is 10.8. The van der Waals surface area contributed by atoms with Gasteiger partial charge in [0.1, 0.15) is 5.56 Å². The van der Waals surface area contributed by atoms with E-state index in [0.29, 0.717) is 23.1 Å². The van der Waals surface area contributed by atoms with Gasteiger partial charge in [0.2, 0.25) is 5.43 Å². The standard InChI is InChI=1S/C25H27BrN2O2/c1-5-19-14-10-11-16(3)23(19)27-25(30)21-17(4)28(15-18-12-8-7-9-13-18)20(6-2)22(26)24(21)29/h7-14H,5-6,15H2,1-4H3,(H,27,30). The lowest BCUT2D eigenvalue weighted by Crippen LogP contribution is -2.29. The Bertz CT molecular complexity index is 1130. The number of aromatic nitrogens is 1. The smallest absolute Gasteiger partial charge is 0.261 e. The number of para-hydroxylation sites is 1. The number of nitrogens with one attached hydrogen (secondary N) is 1. The Kier molecular flexibility index (Phi) is 6.93. The number of nitrogens with zero attached hydrogens (tertiary/aromatic N) is 1. The number of amides is 1. The molecule has 5 heteroatoms. The first kappa shape index (κ1) is 22.0. The van der Waals surface area contributed by atoms with Crippen molar-refractivity contribution in [2.45, 2.75) is 47.1 Å². The summed E-state index contributed by atoms with van der Waals surface area (Å²) in [6, 6.07) is 16.0. The highest BCUT2D eigenvalue weighted by Gasteiger charge is 2.23. The molecule has 30 heavy (non-hydrogen) atoms. The van der Waals surface area contributed by atoms with E-state index in [1.54, 1.807) is 0 Å². The highest BCUT2D eigenvalue weighted by Crippen LogP contribution is 2.24. The van der Waals surface area contributed by atoms with Crippen molar-refractivity contribution >= 4 is 27.5 Å². The molecule has 1 N–H and O–H groups in total. The summed E-state index contributed by atoms with van der Waals surface area (Å²) in [4.78, 5) is 26.4. The van der Waals surface area contributed by atoms with Crippen LogP contribution in [0.25, 0.3) is 0 Å². The minimum atomic E-state index is -0.369. The molecule has 1 aromatic heterocycles. The minimum absolute atomic E-state index is 0.181. The Labute approximate surface area is 186 Å². The van der Waals surface area contributed by atoms with Crippen LogP contribution in [0.4, 0.5) is 5.69 Å². The van der Waals surface area contributed by atoms with E-state index in [9.17, 15) is 9.59 Å². The number of anilines is 1. The van der Waals surface area contributed by atoms with Gasteiger partial charge in [-0.05, 0) is 59.3 Å². The average Bonchev–Trinajstić information content (AvgIpc) is 2.74. The number of halogens is 1. The van der Waals surface area contributed by atoms with Crippen LogP contribution in [0.1, 0.15) is 52.3 Å². The maximum absolute atomic E-state index is 13.3. The Morgan fingerprint density at radius 1 is 1.00 bits per heavy atom. The third kappa shape index (κ3) is 4.26. The third-order valence-corrected chi connectivity index (χ3v) is 6.31. The van der Waals surface area contributed by atoms with E-state index in [0.717, 1.165) is 34.5 Å². The molecule has 0 atom stereocenters. The fourth-order valence-corrected chi connectivity index (χ4v) is 4.53. The molecule has 0 bridgehead atoms. The van der Waals surface area contributed by atoms with E-state index >= 15 is 0 Å². The van der Waals surface area contributed by atoms with Crippen LogP contribution in [-0.4, -0.2) is 10.5 Å². The van der Waals surface area contributed by atoms with Gasteiger partial charge in [-0.25, -0.2) is 0 Å². The molecule has 0 unspecified atom stereocenters. The Morgan fingerprint density at radius 3 is 2.33 bits per heavy atom. The van der Waals surface area contributed by atoms with Crippen molar-refractivity contribution in [2.75, 3.05) is 5.32 Å². The number of carbonyl (C=O) groups excluding carboxylic acids is 1. The van der Waals surface area contributed by atoms with Crippen molar-refractivity contribution in [3.05, 3.63) is 96.9 Å². The van der Waals surface area contributed by atoms with Crippen LogP contribution in [0.2, 0.25) is 0 Å². The van der Waals surface area contributed by atoms with Crippen LogP contribution in [0.3, 0.4) is 0 Å². The number of hydrogen-bond acceptors (Lipinski definition) is 2. The molecule has 0 radical (unpaired) electrons. The first-order valence-electron chi connectivity index (χ1n) is 10.2. The number of pyridine rings is 1. The molecule has 1 amide bonds. The summed E-state index contributed by atoms with van der Waals surface area (Å²) in [5.74, 6) is -0.369. The first-order chi connectivity index (χ1) is 14.4. The number of hydrogen-bond donors (Lipinski definition) is 1. The second-order valence-corrected chi connectivity index (χ2v) is 8.19. The van der Waals surface area contributed by atoms with Gasteiger partial charge in [-0.3, -0.25) is 9.59 Å². The lowest BCUT2D eigenvalue weighted by atomic mass is 10.0. The second-order valence-electron chi connectivity index (χ2n) is 7.39. The molecule has 0 aliphatic rings. The van der Waals surface area contributed by atoms with E-state index in [-0.39, 0.29) is 16.9 Å². The molecule has 0 fully saturated rings. The van der Waals surface area contributed by atoms with E-state index in [1.165, 1.54) is 0 Å². The molecular weight excluding hydrogens is 440 g/mol. The lowest BCUT2D eigenvalue weighted by molar-refractivity contribution is 0.102. The Balaban J connectivity index is 2.11. The van der Waals surface area contributed by atoms with Gasteiger partial charge in [-0.1, -0.05) is 62.4 Å². The molecule has 1 heterocycles. The first-order valence-corrected chi connectivity index (χ1v) is 11.0. The Hall–Kier alpha value is -2.66. The Morgan fingerprint density at radius 2 is 1.70 bits per heavy atom. The van der Waals surface area contributed by atoms with Gasteiger partial charge in [-0.15, -0.1) is 0 Å². The molecule has 156 valence electrons. The monoisotopic (exact) mass is 466 g/mol.